The van der Waals surface area contributed by atoms with E-state index in [0.717, 1.165) is 29.9 Å². The maximum atomic E-state index is 2.84. The fourth-order valence-electron chi connectivity index (χ4n) is 14.3. The van der Waals surface area contributed by atoms with E-state index >= 15 is 0 Å². The Morgan fingerprint density at radius 3 is 1.54 bits per heavy atom. The molecule has 380 valence electrons. The molecule has 5 heteroatoms. The zero-order chi connectivity index (χ0) is 52.4. The van der Waals surface area contributed by atoms with Crippen molar-refractivity contribution in [2.45, 2.75) is 187 Å². The first kappa shape index (κ1) is 49.4. The van der Waals surface area contributed by atoms with Gasteiger partial charge in [-0.1, -0.05) is 171 Å². The van der Waals surface area contributed by atoms with Crippen LogP contribution in [0.25, 0.3) is 0 Å². The number of fused-ring (bicyclic) bond motifs is 9. The van der Waals surface area contributed by atoms with Crippen molar-refractivity contribution in [2.75, 3.05) is 14.7 Å². The lowest BCUT2D eigenvalue weighted by molar-refractivity contribution is 0.331. The average Bonchev–Trinajstić information content (AvgIpc) is 3.82. The molecule has 0 bridgehead atoms. The quantitative estimate of drug-likeness (QED) is 0.159. The van der Waals surface area contributed by atoms with E-state index in [4.69, 9.17) is 0 Å². The van der Waals surface area contributed by atoms with Crippen LogP contribution in [0.1, 0.15) is 186 Å². The first-order valence-corrected chi connectivity index (χ1v) is 28.8. The Labute approximate surface area is 449 Å². The van der Waals surface area contributed by atoms with Crippen LogP contribution in [0.3, 0.4) is 0 Å². The third-order valence-electron chi connectivity index (χ3n) is 19.2. The molecule has 74 heavy (non-hydrogen) atoms. The van der Waals surface area contributed by atoms with Gasteiger partial charge < -0.3 is 14.7 Å². The zero-order valence-corrected chi connectivity index (χ0v) is 48.4. The van der Waals surface area contributed by atoms with Crippen LogP contribution in [0, 0.1) is 6.92 Å². The first-order valence-electron chi connectivity index (χ1n) is 28.0. The van der Waals surface area contributed by atoms with Crippen molar-refractivity contribution in [1.29, 1.82) is 0 Å². The number of rotatable bonds is 5. The van der Waals surface area contributed by atoms with Gasteiger partial charge in [-0.25, -0.2) is 0 Å². The second-order valence-corrected chi connectivity index (χ2v) is 29.3. The molecule has 2 aliphatic heterocycles. The Morgan fingerprint density at radius 2 is 0.973 bits per heavy atom. The second-order valence-electron chi connectivity index (χ2n) is 28.2. The third-order valence-corrected chi connectivity index (χ3v) is 20.8. The summed E-state index contributed by atoms with van der Waals surface area (Å²) in [6.45, 7) is 39.7. The number of anilines is 9. The Morgan fingerprint density at radius 1 is 0.473 bits per heavy atom. The van der Waals surface area contributed by atoms with Gasteiger partial charge in [0, 0.05) is 49.5 Å². The Balaban J connectivity index is 1.29. The van der Waals surface area contributed by atoms with E-state index in [1.165, 1.54) is 109 Å². The number of hydrogen-bond acceptors (Lipinski definition) is 4. The van der Waals surface area contributed by atoms with E-state index in [9.17, 15) is 0 Å². The maximum Gasteiger partial charge on any atom is 0.264 e. The van der Waals surface area contributed by atoms with Gasteiger partial charge in [0.15, 0.2) is 0 Å². The molecular formula is C69H80BN3S. The second kappa shape index (κ2) is 16.3. The van der Waals surface area contributed by atoms with E-state index in [1.54, 1.807) is 10.4 Å². The van der Waals surface area contributed by atoms with Gasteiger partial charge in [0.05, 0.1) is 11.4 Å². The van der Waals surface area contributed by atoms with Crippen LogP contribution in [0.5, 0.6) is 0 Å². The molecule has 0 spiro atoms. The van der Waals surface area contributed by atoms with Crippen LogP contribution in [0.2, 0.25) is 0 Å². The molecule has 0 radical (unpaired) electrons. The van der Waals surface area contributed by atoms with Crippen molar-refractivity contribution in [3.05, 3.63) is 165 Å². The minimum Gasteiger partial charge on any atom is -0.311 e. The number of nitrogens with zero attached hydrogens (tertiary/aromatic N) is 3. The molecule has 3 heterocycles. The largest absolute Gasteiger partial charge is 0.311 e. The van der Waals surface area contributed by atoms with Crippen molar-refractivity contribution in [2.24, 2.45) is 0 Å². The van der Waals surface area contributed by atoms with Crippen LogP contribution in [0.4, 0.5) is 51.2 Å². The summed E-state index contributed by atoms with van der Waals surface area (Å²) in [7, 11) is 0. The van der Waals surface area contributed by atoms with E-state index in [2.05, 4.69) is 258 Å². The standard InChI is InChI=1S/C69H80BN3S/c1-43-39-50-51(66(9,10)34-33-65(50,7)8)42-53(43)73-55-41-48(71(45-23-19-17-20-24-45)46-25-21-18-22-26-46)40-54-58(55)70(52-32-31-49-56(59(52)73)67(11,12)36-35-64(49,5)6)62-60(57-61(74-62)69(15,16)38-37-68(57,13)14)72(54)47-29-27-44(28-30-47)63(2,3)4/h17-32,39-42H,33-38H2,1-16H3. The Bertz CT molecular complexity index is 3360. The summed E-state index contributed by atoms with van der Waals surface area (Å²) >= 11 is 2.14. The topological polar surface area (TPSA) is 9.72 Å². The summed E-state index contributed by atoms with van der Waals surface area (Å²) in [6, 6.07) is 47.6. The lowest BCUT2D eigenvalue weighted by atomic mass is 9.35. The highest BCUT2D eigenvalue weighted by Crippen LogP contribution is 2.60. The average molecular weight is 994 g/mol. The van der Waals surface area contributed by atoms with Gasteiger partial charge in [0.2, 0.25) is 0 Å². The van der Waals surface area contributed by atoms with Crippen molar-refractivity contribution in [1.82, 2.24) is 0 Å². The molecule has 3 nitrogen and oxygen atoms in total. The van der Waals surface area contributed by atoms with Crippen LogP contribution in [-0.2, 0) is 37.9 Å². The maximum absolute atomic E-state index is 2.84. The fraction of sp³-hybridized carbons (Fsp3) is 0.420. The molecule has 0 N–H and O–H groups in total. The highest BCUT2D eigenvalue weighted by molar-refractivity contribution is 7.29. The normalized spacial score (nSPS) is 19.9. The van der Waals surface area contributed by atoms with E-state index in [0.29, 0.717) is 0 Å². The molecule has 0 saturated carbocycles. The predicted octanol–water partition coefficient (Wildman–Crippen LogP) is 18.0. The van der Waals surface area contributed by atoms with Gasteiger partial charge in [-0.2, -0.15) is 11.3 Å². The molecular weight excluding hydrogens is 914 g/mol. The molecule has 0 fully saturated rings. The summed E-state index contributed by atoms with van der Waals surface area (Å²) < 4.78 is 1.50. The number of para-hydroxylation sites is 2. The predicted molar refractivity (Wildman–Crippen MR) is 322 cm³/mol. The first-order chi connectivity index (χ1) is 34.7. The number of thiophene rings is 1. The van der Waals surface area contributed by atoms with E-state index in [-0.39, 0.29) is 44.6 Å². The molecule has 5 aliphatic rings. The SMILES string of the molecule is Cc1cc2c(cc1N1c3cc(N(c4ccccc4)c4ccccc4)cc4c3B(c3ccc5c(c31)C(C)(C)CCC5(C)C)c1sc3c(c1N4c1ccc(C(C)(C)C)cc1)C(C)(C)CCC3(C)C)C(C)(C)CCC2(C)C. The van der Waals surface area contributed by atoms with Crippen LogP contribution in [-0.4, -0.2) is 6.71 Å². The molecule has 0 amide bonds. The lowest BCUT2D eigenvalue weighted by Crippen LogP contribution is -2.61. The molecule has 0 atom stereocenters. The molecule has 0 unspecified atom stereocenters. The lowest BCUT2D eigenvalue weighted by Gasteiger charge is -2.50. The molecule has 1 aromatic heterocycles. The van der Waals surface area contributed by atoms with Crippen molar-refractivity contribution >= 4 is 84.9 Å². The Kier molecular flexibility index (Phi) is 10.8. The minimum absolute atomic E-state index is 0.0248. The van der Waals surface area contributed by atoms with E-state index < -0.39 is 0 Å². The van der Waals surface area contributed by atoms with Crippen LogP contribution in [0.15, 0.2) is 121 Å². The highest BCUT2D eigenvalue weighted by Gasteiger charge is 2.53. The highest BCUT2D eigenvalue weighted by atomic mass is 32.1. The van der Waals surface area contributed by atoms with Gasteiger partial charge in [0.25, 0.3) is 6.71 Å². The zero-order valence-electron chi connectivity index (χ0n) is 47.6. The van der Waals surface area contributed by atoms with Crippen LogP contribution < -0.4 is 30.4 Å². The number of aryl methyl sites for hydroxylation is 1. The van der Waals surface area contributed by atoms with Crippen molar-refractivity contribution in [3.63, 3.8) is 0 Å². The summed E-state index contributed by atoms with van der Waals surface area (Å²) in [6.07, 6.45) is 6.99. The van der Waals surface area contributed by atoms with Crippen molar-refractivity contribution in [3.8, 4) is 0 Å². The number of hydrogen-bond donors (Lipinski definition) is 0. The number of benzene rings is 6. The molecule has 3 aliphatic carbocycles. The third kappa shape index (κ3) is 7.38. The molecule has 7 aromatic rings. The smallest absolute Gasteiger partial charge is 0.264 e. The molecule has 0 saturated heterocycles. The Hall–Kier alpha value is -5.52. The minimum atomic E-state index is -0.0626. The van der Waals surface area contributed by atoms with Crippen molar-refractivity contribution < 1.29 is 0 Å². The van der Waals surface area contributed by atoms with Gasteiger partial charge in [-0.15, -0.1) is 0 Å². The molecule has 6 aromatic carbocycles. The summed E-state index contributed by atoms with van der Waals surface area (Å²) in [4.78, 5) is 9.68. The summed E-state index contributed by atoms with van der Waals surface area (Å²) in [5.41, 5.74) is 24.7. The summed E-state index contributed by atoms with van der Waals surface area (Å²) in [5.74, 6) is 0. The van der Waals surface area contributed by atoms with Crippen LogP contribution >= 0.6 is 11.3 Å². The van der Waals surface area contributed by atoms with Gasteiger partial charge in [-0.3, -0.25) is 0 Å². The monoisotopic (exact) mass is 994 g/mol. The summed E-state index contributed by atoms with van der Waals surface area (Å²) in [5, 5.41) is 0. The van der Waals surface area contributed by atoms with Gasteiger partial charge >= 0.3 is 0 Å². The van der Waals surface area contributed by atoms with E-state index in [1.807, 2.05) is 0 Å². The fourth-order valence-corrected chi connectivity index (χ4v) is 16.0. The van der Waals surface area contributed by atoms with Gasteiger partial charge in [-0.05, 0) is 188 Å². The van der Waals surface area contributed by atoms with Gasteiger partial charge in [0.1, 0.15) is 0 Å². The molecule has 12 rings (SSSR count).